The molecule has 0 amide bonds. The maximum atomic E-state index is 6.18. The molecule has 0 radical (unpaired) electrons. The minimum atomic E-state index is 0.190. The highest BCUT2D eigenvalue weighted by molar-refractivity contribution is 6.30. The second-order valence-corrected chi connectivity index (χ2v) is 7.03. The smallest absolute Gasteiger partial charge is 0.0570 e. The zero-order valence-electron chi connectivity index (χ0n) is 12.8. The summed E-state index contributed by atoms with van der Waals surface area (Å²) in [4.78, 5) is 4.47. The fraction of sp³-hybridized carbons (Fsp3) is 0.389. The largest absolute Gasteiger partial charge is 0.304 e. The molecule has 1 aliphatic carbocycles. The Balaban J connectivity index is 1.85. The molecule has 0 bridgehead atoms. The van der Waals surface area contributed by atoms with Crippen molar-refractivity contribution < 1.29 is 0 Å². The van der Waals surface area contributed by atoms with Gasteiger partial charge in [0.1, 0.15) is 0 Å². The maximum absolute atomic E-state index is 6.18. The molecule has 1 aliphatic rings. The molecule has 1 heterocycles. The fourth-order valence-corrected chi connectivity index (χ4v) is 3.48. The van der Waals surface area contributed by atoms with Crippen molar-refractivity contribution in [3.8, 4) is 0 Å². The van der Waals surface area contributed by atoms with Crippen molar-refractivity contribution >= 4 is 11.6 Å². The van der Waals surface area contributed by atoms with E-state index in [1.165, 1.54) is 16.7 Å². The van der Waals surface area contributed by atoms with E-state index in [9.17, 15) is 0 Å². The monoisotopic (exact) mass is 300 g/mol. The first-order chi connectivity index (χ1) is 9.97. The Labute approximate surface area is 131 Å². The zero-order chi connectivity index (χ0) is 15.0. The van der Waals surface area contributed by atoms with E-state index in [0.29, 0.717) is 6.04 Å². The minimum absolute atomic E-state index is 0.190. The lowest BCUT2D eigenvalue weighted by Crippen LogP contribution is -2.31. The molecule has 1 unspecified atom stereocenters. The van der Waals surface area contributed by atoms with E-state index in [1.807, 2.05) is 18.3 Å². The predicted octanol–water partition coefficient (Wildman–Crippen LogP) is 4.46. The summed E-state index contributed by atoms with van der Waals surface area (Å²) in [6.07, 6.45) is 2.94. The molecule has 1 N–H and O–H groups in total. The zero-order valence-corrected chi connectivity index (χ0v) is 13.5. The van der Waals surface area contributed by atoms with Crippen LogP contribution < -0.4 is 5.32 Å². The van der Waals surface area contributed by atoms with Crippen molar-refractivity contribution in [2.45, 2.75) is 39.8 Å². The van der Waals surface area contributed by atoms with E-state index in [4.69, 9.17) is 11.6 Å². The third kappa shape index (κ3) is 2.83. The van der Waals surface area contributed by atoms with E-state index in [1.54, 1.807) is 0 Å². The van der Waals surface area contributed by atoms with Gasteiger partial charge in [-0.2, -0.15) is 0 Å². The van der Waals surface area contributed by atoms with Crippen LogP contribution in [0.3, 0.4) is 0 Å². The molecule has 0 fully saturated rings. The van der Waals surface area contributed by atoms with E-state index in [2.05, 4.69) is 49.3 Å². The number of hydrogen-bond acceptors (Lipinski definition) is 2. The first kappa shape index (κ1) is 14.6. The molecular weight excluding hydrogens is 280 g/mol. The Kier molecular flexibility index (Phi) is 3.76. The van der Waals surface area contributed by atoms with E-state index in [0.717, 1.165) is 23.7 Å². The van der Waals surface area contributed by atoms with Crippen LogP contribution in [-0.2, 0) is 13.0 Å². The van der Waals surface area contributed by atoms with Crippen LogP contribution in [-0.4, -0.2) is 4.98 Å². The highest BCUT2D eigenvalue weighted by atomic mass is 35.5. The SMILES string of the molecule is Cc1cccnc1CNC1c2cc(Cl)ccc2CC1(C)C. The van der Waals surface area contributed by atoms with E-state index < -0.39 is 0 Å². The lowest BCUT2D eigenvalue weighted by Gasteiger charge is -2.29. The normalized spacial score (nSPS) is 19.5. The van der Waals surface area contributed by atoms with Crippen LogP contribution >= 0.6 is 11.6 Å². The molecule has 1 aromatic heterocycles. The summed E-state index contributed by atoms with van der Waals surface area (Å²) in [7, 11) is 0. The molecule has 0 aliphatic heterocycles. The van der Waals surface area contributed by atoms with Gasteiger partial charge in [0.25, 0.3) is 0 Å². The average Bonchev–Trinajstić information content (AvgIpc) is 2.68. The number of nitrogens with one attached hydrogen (secondary N) is 1. The van der Waals surface area contributed by atoms with Crippen LogP contribution in [0, 0.1) is 12.3 Å². The molecule has 21 heavy (non-hydrogen) atoms. The summed E-state index contributed by atoms with van der Waals surface area (Å²) in [5, 5.41) is 4.50. The molecular formula is C18H21ClN2. The summed E-state index contributed by atoms with van der Waals surface area (Å²) in [5.74, 6) is 0. The van der Waals surface area contributed by atoms with Gasteiger partial charge < -0.3 is 5.32 Å². The topological polar surface area (TPSA) is 24.9 Å². The first-order valence-electron chi connectivity index (χ1n) is 7.39. The summed E-state index contributed by atoms with van der Waals surface area (Å²) in [5.41, 5.74) is 5.27. The predicted molar refractivity (Wildman–Crippen MR) is 87.5 cm³/mol. The van der Waals surface area contributed by atoms with Crippen LogP contribution in [0.1, 0.15) is 42.3 Å². The number of aromatic nitrogens is 1. The van der Waals surface area contributed by atoms with Crippen LogP contribution in [0.2, 0.25) is 5.02 Å². The lowest BCUT2D eigenvalue weighted by molar-refractivity contribution is 0.267. The average molecular weight is 301 g/mol. The van der Waals surface area contributed by atoms with Crippen molar-refractivity contribution in [1.82, 2.24) is 10.3 Å². The van der Waals surface area contributed by atoms with Gasteiger partial charge in [-0.15, -0.1) is 0 Å². The van der Waals surface area contributed by atoms with Gasteiger partial charge in [-0.1, -0.05) is 37.6 Å². The maximum Gasteiger partial charge on any atom is 0.0570 e. The number of hydrogen-bond donors (Lipinski definition) is 1. The Morgan fingerprint density at radius 1 is 1.33 bits per heavy atom. The molecule has 3 heteroatoms. The Morgan fingerprint density at radius 2 is 2.14 bits per heavy atom. The number of rotatable bonds is 3. The number of benzene rings is 1. The first-order valence-corrected chi connectivity index (χ1v) is 7.77. The quantitative estimate of drug-likeness (QED) is 0.905. The molecule has 0 spiro atoms. The summed E-state index contributed by atoms with van der Waals surface area (Å²) < 4.78 is 0. The number of pyridine rings is 1. The molecule has 3 rings (SSSR count). The third-order valence-corrected chi connectivity index (χ3v) is 4.67. The van der Waals surface area contributed by atoms with Gasteiger partial charge >= 0.3 is 0 Å². The third-order valence-electron chi connectivity index (χ3n) is 4.44. The van der Waals surface area contributed by atoms with Crippen molar-refractivity contribution in [1.29, 1.82) is 0 Å². The van der Waals surface area contributed by atoms with Crippen molar-refractivity contribution in [2.24, 2.45) is 5.41 Å². The molecule has 2 aromatic rings. The van der Waals surface area contributed by atoms with Crippen molar-refractivity contribution in [2.75, 3.05) is 0 Å². The number of fused-ring (bicyclic) bond motifs is 1. The van der Waals surface area contributed by atoms with Crippen LogP contribution in [0.4, 0.5) is 0 Å². The molecule has 0 saturated carbocycles. The Morgan fingerprint density at radius 3 is 2.90 bits per heavy atom. The number of aryl methyl sites for hydroxylation is 1. The van der Waals surface area contributed by atoms with Crippen molar-refractivity contribution in [3.63, 3.8) is 0 Å². The number of halogens is 1. The van der Waals surface area contributed by atoms with Crippen LogP contribution in [0.15, 0.2) is 36.5 Å². The second-order valence-electron chi connectivity index (χ2n) is 6.59. The molecule has 1 atom stereocenters. The molecule has 110 valence electrons. The highest BCUT2D eigenvalue weighted by Crippen LogP contribution is 2.45. The summed E-state index contributed by atoms with van der Waals surface area (Å²) in [6.45, 7) is 7.51. The van der Waals surface area contributed by atoms with Crippen LogP contribution in [0.5, 0.6) is 0 Å². The molecule has 0 saturated heterocycles. The second kappa shape index (κ2) is 5.43. The number of nitrogens with zero attached hydrogens (tertiary/aromatic N) is 1. The van der Waals surface area contributed by atoms with E-state index >= 15 is 0 Å². The van der Waals surface area contributed by atoms with Gasteiger partial charge in [0.2, 0.25) is 0 Å². The molecule has 2 nitrogen and oxygen atoms in total. The Hall–Kier alpha value is -1.38. The van der Waals surface area contributed by atoms with Gasteiger partial charge in [0.15, 0.2) is 0 Å². The lowest BCUT2D eigenvalue weighted by atomic mass is 9.85. The van der Waals surface area contributed by atoms with Crippen molar-refractivity contribution in [3.05, 3.63) is 63.9 Å². The van der Waals surface area contributed by atoms with Gasteiger partial charge in [-0.3, -0.25) is 4.98 Å². The van der Waals surface area contributed by atoms with E-state index in [-0.39, 0.29) is 5.41 Å². The summed E-state index contributed by atoms with van der Waals surface area (Å²) >= 11 is 6.18. The molecule has 1 aromatic carbocycles. The van der Waals surface area contributed by atoms with Gasteiger partial charge in [0.05, 0.1) is 5.69 Å². The van der Waals surface area contributed by atoms with Gasteiger partial charge in [-0.25, -0.2) is 0 Å². The Bertz CT molecular complexity index is 664. The highest BCUT2D eigenvalue weighted by Gasteiger charge is 2.38. The van der Waals surface area contributed by atoms with Crippen LogP contribution in [0.25, 0.3) is 0 Å². The fourth-order valence-electron chi connectivity index (χ4n) is 3.30. The minimum Gasteiger partial charge on any atom is -0.304 e. The van der Waals surface area contributed by atoms with Gasteiger partial charge in [-0.05, 0) is 53.6 Å². The summed E-state index contributed by atoms with van der Waals surface area (Å²) in [6, 6.07) is 10.7. The standard InChI is InChI=1S/C18H21ClN2/c1-12-5-4-8-20-16(12)11-21-17-15-9-14(19)7-6-13(15)10-18(17,2)3/h4-9,17,21H,10-11H2,1-3H3. The van der Waals surface area contributed by atoms with Gasteiger partial charge in [0, 0.05) is 23.8 Å².